The van der Waals surface area contributed by atoms with Crippen LogP contribution in [0.1, 0.15) is 18.4 Å². The van der Waals surface area contributed by atoms with Crippen LogP contribution in [0.5, 0.6) is 0 Å². The van der Waals surface area contributed by atoms with Gasteiger partial charge in [0.1, 0.15) is 18.1 Å². The first-order chi connectivity index (χ1) is 25.8. The van der Waals surface area contributed by atoms with Crippen LogP contribution in [0.15, 0.2) is 85.2 Å². The number of likely N-dealkylation sites (tertiary alicyclic amines) is 1. The van der Waals surface area contributed by atoms with E-state index in [1.165, 1.54) is 23.6 Å². The van der Waals surface area contributed by atoms with Crippen LogP contribution in [0.3, 0.4) is 0 Å². The number of carbonyl (C=O) groups excluding carboxylic acids is 3. The Kier molecular flexibility index (Phi) is 9.14. The van der Waals surface area contributed by atoms with E-state index in [-0.39, 0.29) is 43.7 Å². The van der Waals surface area contributed by atoms with Crippen molar-refractivity contribution >= 4 is 45.8 Å². The fraction of sp³-hybridized carbons (Fsp3) is 0.282. The molecule has 1 atom stereocenters. The van der Waals surface area contributed by atoms with Crippen molar-refractivity contribution in [1.82, 2.24) is 30.0 Å². The van der Waals surface area contributed by atoms with Gasteiger partial charge in [-0.1, -0.05) is 30.3 Å². The van der Waals surface area contributed by atoms with E-state index in [9.17, 15) is 18.8 Å². The van der Waals surface area contributed by atoms with Gasteiger partial charge in [-0.25, -0.2) is 19.2 Å². The average Bonchev–Trinajstić information content (AvgIpc) is 3.94. The van der Waals surface area contributed by atoms with Gasteiger partial charge >= 0.3 is 6.09 Å². The van der Waals surface area contributed by atoms with Crippen molar-refractivity contribution < 1.29 is 28.2 Å². The monoisotopic (exact) mass is 716 g/mol. The molecule has 8 rings (SSSR count). The smallest absolute Gasteiger partial charge is 0.414 e. The normalized spacial score (nSPS) is 19.1. The number of nitrogens with one attached hydrogen (secondary N) is 2. The number of aromatic amines is 1. The molecule has 5 heterocycles. The molecule has 2 fully saturated rings. The molecule has 2 N–H and O–H groups in total. The van der Waals surface area contributed by atoms with Crippen molar-refractivity contribution in [1.29, 1.82) is 0 Å². The predicted molar refractivity (Wildman–Crippen MR) is 196 cm³/mol. The van der Waals surface area contributed by atoms with Crippen molar-refractivity contribution in [3.05, 3.63) is 96.6 Å². The average molecular weight is 717 g/mol. The molecule has 53 heavy (non-hydrogen) atoms. The number of carbonyl (C=O) groups is 3. The first kappa shape index (κ1) is 34.1. The number of rotatable bonds is 9. The summed E-state index contributed by atoms with van der Waals surface area (Å²) < 4.78 is 25.6. The van der Waals surface area contributed by atoms with Crippen LogP contribution in [0.4, 0.5) is 20.6 Å². The largest absolute Gasteiger partial charge is 0.447 e. The number of amides is 3. The summed E-state index contributed by atoms with van der Waals surface area (Å²) in [5.41, 5.74) is 4.60. The number of H-pyrrole nitrogens is 1. The van der Waals surface area contributed by atoms with E-state index in [2.05, 4.69) is 43.7 Å². The molecular formula is C39H37FN8O5. The maximum atomic E-state index is 14.7. The summed E-state index contributed by atoms with van der Waals surface area (Å²) in [6.45, 7) is 2.55. The summed E-state index contributed by atoms with van der Waals surface area (Å²) in [6.07, 6.45) is 6.12. The van der Waals surface area contributed by atoms with Gasteiger partial charge in [0, 0.05) is 67.9 Å². The van der Waals surface area contributed by atoms with Gasteiger partial charge < -0.3 is 19.7 Å². The standard InChI is InChI=1S/C39H37FN8O5/c1-52-39(13-18-46(24-39)23-34(49)47-16-11-26(12-17-47)25-3-5-27(6-4-25)36-41-14-2-15-42-36)37(50)43-29-8-10-32-30(22-29)35(45-44-32)28-7-9-31(40)33(21-28)48-19-20-53-38(48)51/h2-11,14-15,21-22H,12-13,16-20,23-24H2,1H3,(H,43,50)(H,44,45). The van der Waals surface area contributed by atoms with Gasteiger partial charge in [0.25, 0.3) is 5.91 Å². The molecule has 2 aromatic heterocycles. The van der Waals surface area contributed by atoms with E-state index in [1.54, 1.807) is 48.8 Å². The number of anilines is 2. The van der Waals surface area contributed by atoms with Crippen LogP contribution in [0, 0.1) is 5.82 Å². The van der Waals surface area contributed by atoms with Crippen molar-refractivity contribution in [2.24, 2.45) is 0 Å². The molecule has 14 heteroatoms. The SMILES string of the molecule is COC1(C(=O)Nc2ccc3[nH]nc(-c4ccc(F)c(N5CCOC5=O)c4)c3c2)CCN(CC(=O)N2CC=C(c3ccc(-c4ncccn4)cc3)CC2)C1. The number of benzene rings is 3. The fourth-order valence-electron chi connectivity index (χ4n) is 7.20. The number of halogens is 1. The number of hydrogen-bond acceptors (Lipinski definition) is 9. The van der Waals surface area contributed by atoms with Crippen LogP contribution in [0.2, 0.25) is 0 Å². The van der Waals surface area contributed by atoms with Gasteiger partial charge in [-0.2, -0.15) is 5.10 Å². The Morgan fingerprint density at radius 3 is 2.53 bits per heavy atom. The zero-order valence-electron chi connectivity index (χ0n) is 29.0. The van der Waals surface area contributed by atoms with Gasteiger partial charge in [-0.05, 0) is 66.4 Å². The first-order valence-corrected chi connectivity index (χ1v) is 17.5. The molecule has 0 saturated carbocycles. The van der Waals surface area contributed by atoms with Crippen molar-refractivity contribution in [2.75, 3.05) is 63.2 Å². The Morgan fingerprint density at radius 1 is 1.00 bits per heavy atom. The highest BCUT2D eigenvalue weighted by atomic mass is 19.1. The highest BCUT2D eigenvalue weighted by Crippen LogP contribution is 2.34. The second-order valence-electron chi connectivity index (χ2n) is 13.3. The summed E-state index contributed by atoms with van der Waals surface area (Å²) in [4.78, 5) is 53.0. The van der Waals surface area contributed by atoms with E-state index in [0.29, 0.717) is 59.7 Å². The highest BCUT2D eigenvalue weighted by Gasteiger charge is 2.45. The Labute approximate surface area is 304 Å². The van der Waals surface area contributed by atoms with Gasteiger partial charge in [-0.15, -0.1) is 0 Å². The number of fused-ring (bicyclic) bond motifs is 1. The third-order valence-electron chi connectivity index (χ3n) is 10.2. The van der Waals surface area contributed by atoms with E-state index < -0.39 is 17.5 Å². The van der Waals surface area contributed by atoms with Gasteiger partial charge in [0.15, 0.2) is 11.4 Å². The molecule has 13 nitrogen and oxygen atoms in total. The number of cyclic esters (lactones) is 1. The number of aromatic nitrogens is 4. The molecule has 270 valence electrons. The first-order valence-electron chi connectivity index (χ1n) is 17.5. The zero-order valence-corrected chi connectivity index (χ0v) is 29.0. The van der Waals surface area contributed by atoms with Gasteiger partial charge in [0.05, 0.1) is 24.3 Å². The Morgan fingerprint density at radius 2 is 1.79 bits per heavy atom. The van der Waals surface area contributed by atoms with Crippen LogP contribution in [-0.4, -0.2) is 106 Å². The Bertz CT molecular complexity index is 2230. The lowest BCUT2D eigenvalue weighted by molar-refractivity contribution is -0.138. The second kappa shape index (κ2) is 14.2. The van der Waals surface area contributed by atoms with Crippen LogP contribution in [-0.2, 0) is 19.1 Å². The molecule has 3 aromatic carbocycles. The van der Waals surface area contributed by atoms with E-state index in [4.69, 9.17) is 9.47 Å². The molecule has 0 radical (unpaired) electrons. The number of nitrogens with zero attached hydrogens (tertiary/aromatic N) is 6. The topological polar surface area (TPSA) is 146 Å². The van der Waals surface area contributed by atoms with Crippen LogP contribution in [0.25, 0.3) is 39.1 Å². The Hall–Kier alpha value is -5.99. The molecule has 0 bridgehead atoms. The number of hydrogen-bond donors (Lipinski definition) is 2. The van der Waals surface area contributed by atoms with Crippen molar-refractivity contribution in [2.45, 2.75) is 18.4 Å². The maximum Gasteiger partial charge on any atom is 0.414 e. The summed E-state index contributed by atoms with van der Waals surface area (Å²) in [6, 6.07) is 19.8. The molecular weight excluding hydrogens is 679 g/mol. The van der Waals surface area contributed by atoms with Gasteiger partial charge in [-0.3, -0.25) is 24.5 Å². The summed E-state index contributed by atoms with van der Waals surface area (Å²) in [7, 11) is 1.51. The highest BCUT2D eigenvalue weighted by molar-refractivity contribution is 6.02. The lowest BCUT2D eigenvalue weighted by Crippen LogP contribution is -2.48. The van der Waals surface area contributed by atoms with Crippen molar-refractivity contribution in [3.8, 4) is 22.6 Å². The second-order valence-corrected chi connectivity index (χ2v) is 13.3. The molecule has 3 aliphatic rings. The van der Waals surface area contributed by atoms with Gasteiger partial charge in [0.2, 0.25) is 5.91 Å². The van der Waals surface area contributed by atoms with Crippen LogP contribution < -0.4 is 10.2 Å². The third kappa shape index (κ3) is 6.74. The molecule has 0 spiro atoms. The minimum atomic E-state index is -1.14. The fourth-order valence-corrected chi connectivity index (χ4v) is 7.20. The Balaban J connectivity index is 0.899. The van der Waals surface area contributed by atoms with E-state index in [0.717, 1.165) is 17.5 Å². The lowest BCUT2D eigenvalue weighted by Gasteiger charge is -2.30. The molecule has 1 unspecified atom stereocenters. The van der Waals surface area contributed by atoms with E-state index in [1.807, 2.05) is 21.9 Å². The summed E-state index contributed by atoms with van der Waals surface area (Å²) in [5.74, 6) is -0.168. The molecule has 2 saturated heterocycles. The third-order valence-corrected chi connectivity index (χ3v) is 10.2. The maximum absolute atomic E-state index is 14.7. The minimum Gasteiger partial charge on any atom is -0.447 e. The lowest BCUT2D eigenvalue weighted by atomic mass is 9.98. The summed E-state index contributed by atoms with van der Waals surface area (Å²) >= 11 is 0. The molecule has 3 aliphatic heterocycles. The zero-order chi connectivity index (χ0) is 36.5. The van der Waals surface area contributed by atoms with Crippen LogP contribution >= 0.6 is 0 Å². The predicted octanol–water partition coefficient (Wildman–Crippen LogP) is 5.13. The number of methoxy groups -OCH3 is 1. The molecule has 0 aliphatic carbocycles. The van der Waals surface area contributed by atoms with E-state index >= 15 is 0 Å². The molecule has 3 amide bonds. The summed E-state index contributed by atoms with van der Waals surface area (Å²) in [5, 5.41) is 11.1. The quantitative estimate of drug-likeness (QED) is 0.212. The van der Waals surface area contributed by atoms with Crippen molar-refractivity contribution in [3.63, 3.8) is 0 Å². The minimum absolute atomic E-state index is 0.00713. The molecule has 5 aromatic rings. The number of ether oxygens (including phenoxy) is 2.